The van der Waals surface area contributed by atoms with Crippen molar-refractivity contribution in [1.82, 2.24) is 14.7 Å². The average Bonchev–Trinajstić information content (AvgIpc) is 3.18. The van der Waals surface area contributed by atoms with Crippen molar-refractivity contribution in [3.05, 3.63) is 58.8 Å². The molecule has 27 heavy (non-hydrogen) atoms. The molecule has 9 nitrogen and oxygen atoms in total. The largest absolute Gasteiger partial charge is 0.419 e. The summed E-state index contributed by atoms with van der Waals surface area (Å²) in [6.45, 7) is 1.69. The Morgan fingerprint density at radius 3 is 2.70 bits per heavy atom. The van der Waals surface area contributed by atoms with Crippen LogP contribution in [0.15, 0.2) is 61.1 Å². The van der Waals surface area contributed by atoms with E-state index in [1.807, 2.05) is 0 Å². The number of aromatic nitrogens is 3. The lowest BCUT2D eigenvalue weighted by Gasteiger charge is -2.08. The molecule has 2 aromatic carbocycles. The molecule has 0 saturated heterocycles. The highest BCUT2D eigenvalue weighted by atomic mass is 32.2. The van der Waals surface area contributed by atoms with Gasteiger partial charge in [-0.2, -0.15) is 4.98 Å². The third kappa shape index (κ3) is 3.10. The molecule has 0 aliphatic carbocycles. The number of oxazole rings is 1. The average molecular weight is 386 g/mol. The molecule has 0 atom stereocenters. The molecular formula is C17H14N4O5S. The van der Waals surface area contributed by atoms with Gasteiger partial charge < -0.3 is 8.94 Å². The maximum atomic E-state index is 12.7. The number of hydrogen-bond acceptors (Lipinski definition) is 7. The molecule has 0 fully saturated rings. The van der Waals surface area contributed by atoms with E-state index in [9.17, 15) is 13.2 Å². The number of fused-ring (bicyclic) bond motifs is 1. The van der Waals surface area contributed by atoms with Crippen LogP contribution in [0.2, 0.25) is 0 Å². The van der Waals surface area contributed by atoms with Gasteiger partial charge in [-0.15, -0.1) is 0 Å². The van der Waals surface area contributed by atoms with E-state index in [4.69, 9.17) is 8.94 Å². The Kier molecular flexibility index (Phi) is 3.84. The van der Waals surface area contributed by atoms with Crippen molar-refractivity contribution in [3.8, 4) is 11.5 Å². The second kappa shape index (κ2) is 6.09. The molecular weight excluding hydrogens is 372 g/mol. The van der Waals surface area contributed by atoms with E-state index in [0.717, 1.165) is 0 Å². The first-order valence-corrected chi connectivity index (χ1v) is 9.35. The smallest absolute Gasteiger partial charge is 0.408 e. The molecule has 0 amide bonds. The molecule has 10 heteroatoms. The fourth-order valence-corrected chi connectivity index (χ4v) is 3.69. The summed E-state index contributed by atoms with van der Waals surface area (Å²) >= 11 is 0. The number of sulfonamides is 1. The number of rotatable bonds is 4. The van der Waals surface area contributed by atoms with Gasteiger partial charge in [0.05, 0.1) is 10.4 Å². The van der Waals surface area contributed by atoms with Gasteiger partial charge in [0.1, 0.15) is 0 Å². The van der Waals surface area contributed by atoms with Crippen LogP contribution in [0.3, 0.4) is 0 Å². The van der Waals surface area contributed by atoms with Gasteiger partial charge in [0.25, 0.3) is 15.9 Å². The zero-order valence-electron chi connectivity index (χ0n) is 14.3. The Balaban J connectivity index is 1.68. The molecule has 2 aromatic heterocycles. The van der Waals surface area contributed by atoms with Crippen LogP contribution in [0.1, 0.15) is 5.82 Å². The van der Waals surface area contributed by atoms with E-state index in [1.54, 1.807) is 38.2 Å². The molecule has 0 saturated carbocycles. The molecule has 0 unspecified atom stereocenters. The fraction of sp³-hybridized carbons (Fsp3) is 0.118. The SMILES string of the molecule is Cc1noc(-c2cccc(NS(=O)(=O)c3ccc4c(c3)oc(=O)n4C)c2)n1. The van der Waals surface area contributed by atoms with Crippen molar-refractivity contribution in [1.29, 1.82) is 0 Å². The molecule has 0 radical (unpaired) electrons. The first kappa shape index (κ1) is 17.0. The van der Waals surface area contributed by atoms with Crippen LogP contribution in [0.4, 0.5) is 5.69 Å². The van der Waals surface area contributed by atoms with E-state index in [0.29, 0.717) is 28.5 Å². The van der Waals surface area contributed by atoms with Crippen LogP contribution < -0.4 is 10.5 Å². The van der Waals surface area contributed by atoms with E-state index < -0.39 is 15.8 Å². The van der Waals surface area contributed by atoms with Crippen molar-refractivity contribution in [2.24, 2.45) is 7.05 Å². The minimum atomic E-state index is -3.89. The van der Waals surface area contributed by atoms with Crippen LogP contribution in [-0.2, 0) is 17.1 Å². The minimum Gasteiger partial charge on any atom is -0.408 e. The van der Waals surface area contributed by atoms with Gasteiger partial charge in [-0.05, 0) is 37.3 Å². The second-order valence-corrected chi connectivity index (χ2v) is 7.57. The fourth-order valence-electron chi connectivity index (χ4n) is 2.63. The van der Waals surface area contributed by atoms with Crippen molar-refractivity contribution >= 4 is 26.8 Å². The Morgan fingerprint density at radius 2 is 1.96 bits per heavy atom. The van der Waals surface area contributed by atoms with Crippen LogP contribution in [-0.4, -0.2) is 23.1 Å². The summed E-state index contributed by atoms with van der Waals surface area (Å²) in [5, 5.41) is 3.72. The molecule has 2 heterocycles. The molecule has 0 aliphatic heterocycles. The van der Waals surface area contributed by atoms with Crippen LogP contribution >= 0.6 is 0 Å². The van der Waals surface area contributed by atoms with Gasteiger partial charge in [0.2, 0.25) is 0 Å². The standard InChI is InChI=1S/C17H14N4O5S/c1-10-18-16(26-19-10)11-4-3-5-12(8-11)20-27(23,24)13-6-7-14-15(9-13)25-17(22)21(14)2/h3-9,20H,1-2H3. The normalized spacial score (nSPS) is 11.8. The lowest BCUT2D eigenvalue weighted by atomic mass is 10.2. The Bertz CT molecular complexity index is 1320. The summed E-state index contributed by atoms with van der Waals surface area (Å²) in [5.74, 6) is 0.213. The highest BCUT2D eigenvalue weighted by molar-refractivity contribution is 7.92. The molecule has 4 aromatic rings. The maximum absolute atomic E-state index is 12.7. The van der Waals surface area contributed by atoms with Crippen LogP contribution in [0.25, 0.3) is 22.6 Å². The van der Waals surface area contributed by atoms with Gasteiger partial charge in [0.15, 0.2) is 11.4 Å². The molecule has 0 aliphatic rings. The summed E-state index contributed by atoms with van der Waals surface area (Å²) in [5.41, 5.74) is 1.62. The van der Waals surface area contributed by atoms with Gasteiger partial charge in [-0.1, -0.05) is 11.2 Å². The lowest BCUT2D eigenvalue weighted by Crippen LogP contribution is -2.13. The molecule has 1 N–H and O–H groups in total. The first-order valence-electron chi connectivity index (χ1n) is 7.87. The third-order valence-corrected chi connectivity index (χ3v) is 5.34. The van der Waals surface area contributed by atoms with Gasteiger partial charge in [0, 0.05) is 24.4 Å². The zero-order chi connectivity index (χ0) is 19.2. The van der Waals surface area contributed by atoms with Crippen molar-refractivity contribution in [2.45, 2.75) is 11.8 Å². The Hall–Kier alpha value is -3.40. The summed E-state index contributed by atoms with van der Waals surface area (Å²) < 4.78 is 39.3. The van der Waals surface area contributed by atoms with Gasteiger partial charge in [-0.25, -0.2) is 13.2 Å². The Morgan fingerprint density at radius 1 is 1.15 bits per heavy atom. The number of anilines is 1. The van der Waals surface area contributed by atoms with E-state index in [-0.39, 0.29) is 10.5 Å². The highest BCUT2D eigenvalue weighted by Gasteiger charge is 2.18. The predicted molar refractivity (Wildman–Crippen MR) is 96.7 cm³/mol. The van der Waals surface area contributed by atoms with Gasteiger partial charge in [-0.3, -0.25) is 9.29 Å². The van der Waals surface area contributed by atoms with Gasteiger partial charge >= 0.3 is 5.76 Å². The maximum Gasteiger partial charge on any atom is 0.419 e. The summed E-state index contributed by atoms with van der Waals surface area (Å²) in [6, 6.07) is 10.8. The minimum absolute atomic E-state index is 0.0246. The zero-order valence-corrected chi connectivity index (χ0v) is 15.1. The van der Waals surface area contributed by atoms with Crippen LogP contribution in [0.5, 0.6) is 0 Å². The summed E-state index contributed by atoms with van der Waals surface area (Å²) in [7, 11) is -2.34. The topological polar surface area (TPSA) is 120 Å². The van der Waals surface area contributed by atoms with Crippen molar-refractivity contribution in [3.63, 3.8) is 0 Å². The third-order valence-electron chi connectivity index (χ3n) is 3.96. The number of nitrogens with zero attached hydrogens (tertiary/aromatic N) is 3. The van der Waals surface area contributed by atoms with Crippen LogP contribution in [0, 0.1) is 6.92 Å². The molecule has 4 rings (SSSR count). The second-order valence-electron chi connectivity index (χ2n) is 5.89. The summed E-state index contributed by atoms with van der Waals surface area (Å²) in [4.78, 5) is 15.7. The first-order chi connectivity index (χ1) is 12.8. The Labute approximate surface area is 153 Å². The number of hydrogen-bond donors (Lipinski definition) is 1. The number of aryl methyl sites for hydroxylation is 2. The monoisotopic (exact) mass is 386 g/mol. The van der Waals surface area contributed by atoms with E-state index in [1.165, 1.54) is 22.8 Å². The summed E-state index contributed by atoms with van der Waals surface area (Å²) in [6.07, 6.45) is 0. The predicted octanol–water partition coefficient (Wildman–Crippen LogP) is 2.29. The quantitative estimate of drug-likeness (QED) is 0.571. The van der Waals surface area contributed by atoms with E-state index >= 15 is 0 Å². The molecule has 138 valence electrons. The molecule has 0 bridgehead atoms. The van der Waals surface area contributed by atoms with E-state index in [2.05, 4.69) is 14.9 Å². The van der Waals surface area contributed by atoms with Crippen molar-refractivity contribution in [2.75, 3.05) is 4.72 Å². The lowest BCUT2D eigenvalue weighted by molar-refractivity contribution is 0.425. The number of benzene rings is 2. The van der Waals surface area contributed by atoms with Crippen molar-refractivity contribution < 1.29 is 17.4 Å². The molecule has 0 spiro atoms. The highest BCUT2D eigenvalue weighted by Crippen LogP contribution is 2.24. The number of nitrogens with one attached hydrogen (secondary N) is 1.